The van der Waals surface area contributed by atoms with Gasteiger partial charge in [-0.25, -0.2) is 0 Å². The van der Waals surface area contributed by atoms with E-state index in [0.29, 0.717) is 17.6 Å². The van der Waals surface area contributed by atoms with E-state index in [1.165, 1.54) is 5.56 Å². The summed E-state index contributed by atoms with van der Waals surface area (Å²) in [5.41, 5.74) is 1.25. The molecule has 0 unspecified atom stereocenters. The largest absolute Gasteiger partial charge is 0.300 e. The van der Waals surface area contributed by atoms with Gasteiger partial charge in [-0.3, -0.25) is 0 Å². The van der Waals surface area contributed by atoms with Gasteiger partial charge in [0.2, 0.25) is 0 Å². The second-order valence-corrected chi connectivity index (χ2v) is 4.87. The van der Waals surface area contributed by atoms with Gasteiger partial charge in [-0.05, 0) is 43.2 Å². The van der Waals surface area contributed by atoms with Crippen molar-refractivity contribution in [3.05, 3.63) is 34.9 Å². The third-order valence-electron chi connectivity index (χ3n) is 3.16. The number of Topliss-reactive ketones (excluding diaryl/α,β-unsaturated/α-hetero) is 1. The Balaban J connectivity index is 1.95. The van der Waals surface area contributed by atoms with E-state index in [2.05, 4.69) is 6.07 Å². The van der Waals surface area contributed by atoms with Crippen molar-refractivity contribution < 1.29 is 4.79 Å². The van der Waals surface area contributed by atoms with E-state index in [1.807, 2.05) is 18.2 Å². The number of rotatable bonds is 3. The van der Waals surface area contributed by atoms with Crippen LogP contribution >= 0.6 is 11.6 Å². The van der Waals surface area contributed by atoms with Gasteiger partial charge in [0.1, 0.15) is 5.78 Å². The molecule has 1 fully saturated rings. The molecule has 80 valence electrons. The molecule has 0 N–H and O–H groups in total. The molecule has 1 aromatic rings. The van der Waals surface area contributed by atoms with Crippen LogP contribution in [0.25, 0.3) is 0 Å². The van der Waals surface area contributed by atoms with Crippen molar-refractivity contribution in [3.8, 4) is 0 Å². The number of carbonyl (C=O) groups is 1. The van der Waals surface area contributed by atoms with E-state index in [-0.39, 0.29) is 0 Å². The Labute approximate surface area is 95.4 Å². The fourth-order valence-corrected chi connectivity index (χ4v) is 2.66. The Hall–Kier alpha value is -0.820. The van der Waals surface area contributed by atoms with E-state index < -0.39 is 0 Å². The molecule has 0 amide bonds. The predicted octanol–water partition coefficient (Wildman–Crippen LogP) is 3.81. The fourth-order valence-electron chi connectivity index (χ4n) is 2.37. The second kappa shape index (κ2) is 4.36. The molecule has 1 saturated carbocycles. The number of carbonyl (C=O) groups excluding carboxylic acids is 1. The summed E-state index contributed by atoms with van der Waals surface area (Å²) in [5.74, 6) is 1.46. The summed E-state index contributed by atoms with van der Waals surface area (Å²) in [7, 11) is 0. The summed E-state index contributed by atoms with van der Waals surface area (Å²) >= 11 is 6.12. The SMILES string of the molecule is CC(=O)CC1CC(c2ccccc2Cl)C1. The lowest BCUT2D eigenvalue weighted by atomic mass is 9.69. The van der Waals surface area contributed by atoms with Gasteiger partial charge in [0, 0.05) is 11.4 Å². The molecular formula is C13H15ClO. The van der Waals surface area contributed by atoms with Crippen LogP contribution in [-0.4, -0.2) is 5.78 Å². The van der Waals surface area contributed by atoms with Gasteiger partial charge in [-0.2, -0.15) is 0 Å². The van der Waals surface area contributed by atoms with Gasteiger partial charge in [0.15, 0.2) is 0 Å². The molecule has 1 aromatic carbocycles. The van der Waals surface area contributed by atoms with Gasteiger partial charge >= 0.3 is 0 Å². The Bertz CT molecular complexity index is 367. The monoisotopic (exact) mass is 222 g/mol. The van der Waals surface area contributed by atoms with Crippen LogP contribution in [-0.2, 0) is 4.79 Å². The van der Waals surface area contributed by atoms with Crippen LogP contribution in [0.4, 0.5) is 0 Å². The predicted molar refractivity (Wildman–Crippen MR) is 62.2 cm³/mol. The van der Waals surface area contributed by atoms with Crippen LogP contribution < -0.4 is 0 Å². The van der Waals surface area contributed by atoms with Gasteiger partial charge in [0.25, 0.3) is 0 Å². The summed E-state index contributed by atoms with van der Waals surface area (Å²) < 4.78 is 0. The lowest BCUT2D eigenvalue weighted by Gasteiger charge is -2.35. The Morgan fingerprint density at radius 2 is 2.07 bits per heavy atom. The normalized spacial score (nSPS) is 24.7. The van der Waals surface area contributed by atoms with Gasteiger partial charge in [0.05, 0.1) is 0 Å². The quantitative estimate of drug-likeness (QED) is 0.760. The highest BCUT2D eigenvalue weighted by Gasteiger charge is 2.31. The summed E-state index contributed by atoms with van der Waals surface area (Å²) in [6.45, 7) is 1.67. The van der Waals surface area contributed by atoms with Crippen molar-refractivity contribution in [2.75, 3.05) is 0 Å². The first-order valence-electron chi connectivity index (χ1n) is 5.40. The molecule has 0 radical (unpaired) electrons. The number of hydrogen-bond acceptors (Lipinski definition) is 1. The van der Waals surface area contributed by atoms with Crippen LogP contribution in [0.5, 0.6) is 0 Å². The van der Waals surface area contributed by atoms with Crippen molar-refractivity contribution in [1.82, 2.24) is 0 Å². The zero-order valence-electron chi connectivity index (χ0n) is 8.87. The number of benzene rings is 1. The first-order chi connectivity index (χ1) is 7.16. The lowest BCUT2D eigenvalue weighted by Crippen LogP contribution is -2.23. The molecule has 0 bridgehead atoms. The van der Waals surface area contributed by atoms with Gasteiger partial charge < -0.3 is 4.79 Å². The summed E-state index contributed by atoms with van der Waals surface area (Å²) in [6, 6.07) is 8.02. The second-order valence-electron chi connectivity index (χ2n) is 4.46. The van der Waals surface area contributed by atoms with Crippen LogP contribution in [0.3, 0.4) is 0 Å². The van der Waals surface area contributed by atoms with E-state index in [4.69, 9.17) is 11.6 Å². The van der Waals surface area contributed by atoms with Crippen molar-refractivity contribution in [1.29, 1.82) is 0 Å². The van der Waals surface area contributed by atoms with E-state index in [1.54, 1.807) is 6.92 Å². The maximum atomic E-state index is 10.9. The van der Waals surface area contributed by atoms with Crippen molar-refractivity contribution in [3.63, 3.8) is 0 Å². The molecule has 2 heteroatoms. The highest BCUT2D eigenvalue weighted by atomic mass is 35.5. The average Bonchev–Trinajstić information content (AvgIpc) is 2.12. The molecule has 15 heavy (non-hydrogen) atoms. The molecule has 0 saturated heterocycles. The minimum Gasteiger partial charge on any atom is -0.300 e. The zero-order valence-corrected chi connectivity index (χ0v) is 9.63. The van der Waals surface area contributed by atoms with Crippen LogP contribution in [0.2, 0.25) is 5.02 Å². The molecule has 0 aromatic heterocycles. The number of hydrogen-bond donors (Lipinski definition) is 0. The molecule has 1 aliphatic rings. The number of ketones is 1. The zero-order chi connectivity index (χ0) is 10.8. The van der Waals surface area contributed by atoms with Crippen LogP contribution in [0.15, 0.2) is 24.3 Å². The molecule has 1 nitrogen and oxygen atoms in total. The third-order valence-corrected chi connectivity index (χ3v) is 3.50. The average molecular weight is 223 g/mol. The highest BCUT2D eigenvalue weighted by molar-refractivity contribution is 6.31. The maximum Gasteiger partial charge on any atom is 0.130 e. The van der Waals surface area contributed by atoms with E-state index in [9.17, 15) is 4.79 Å². The smallest absolute Gasteiger partial charge is 0.130 e. The van der Waals surface area contributed by atoms with E-state index in [0.717, 1.165) is 24.3 Å². The van der Waals surface area contributed by atoms with Crippen molar-refractivity contribution in [2.24, 2.45) is 5.92 Å². The maximum absolute atomic E-state index is 10.9. The molecule has 0 atom stereocenters. The minimum absolute atomic E-state index is 0.303. The first-order valence-corrected chi connectivity index (χ1v) is 5.78. The van der Waals surface area contributed by atoms with Crippen molar-refractivity contribution >= 4 is 17.4 Å². The molecular weight excluding hydrogens is 208 g/mol. The summed E-state index contributed by atoms with van der Waals surface area (Å²) in [6.07, 6.45) is 2.97. The standard InChI is InChI=1S/C13H15ClO/c1-9(15)6-10-7-11(8-10)12-4-2-3-5-13(12)14/h2-5,10-11H,6-8H2,1H3. The van der Waals surface area contributed by atoms with Gasteiger partial charge in [-0.1, -0.05) is 29.8 Å². The molecule has 0 heterocycles. The first kappa shape index (κ1) is 10.7. The number of halogens is 1. The Morgan fingerprint density at radius 1 is 1.40 bits per heavy atom. The fraction of sp³-hybridized carbons (Fsp3) is 0.462. The topological polar surface area (TPSA) is 17.1 Å². The Kier molecular flexibility index (Phi) is 3.11. The third kappa shape index (κ3) is 2.40. The highest BCUT2D eigenvalue weighted by Crippen LogP contribution is 2.45. The minimum atomic E-state index is 0.303. The summed E-state index contributed by atoms with van der Waals surface area (Å²) in [5, 5.41) is 0.865. The van der Waals surface area contributed by atoms with Crippen molar-refractivity contribution in [2.45, 2.75) is 32.1 Å². The lowest BCUT2D eigenvalue weighted by molar-refractivity contribution is -0.118. The van der Waals surface area contributed by atoms with E-state index >= 15 is 0 Å². The molecule has 2 rings (SSSR count). The molecule has 1 aliphatic carbocycles. The van der Waals surface area contributed by atoms with Crippen LogP contribution in [0, 0.1) is 5.92 Å². The summed E-state index contributed by atoms with van der Waals surface area (Å²) in [4.78, 5) is 10.9. The van der Waals surface area contributed by atoms with Gasteiger partial charge in [-0.15, -0.1) is 0 Å². The molecule has 0 spiro atoms. The molecule has 0 aliphatic heterocycles. The Morgan fingerprint density at radius 3 is 2.67 bits per heavy atom. The van der Waals surface area contributed by atoms with Crippen LogP contribution in [0.1, 0.15) is 37.7 Å².